The van der Waals surface area contributed by atoms with Gasteiger partial charge in [0.15, 0.2) is 0 Å². The van der Waals surface area contributed by atoms with E-state index in [1.165, 1.54) is 11.3 Å². The van der Waals surface area contributed by atoms with Crippen LogP contribution in [0.4, 0.5) is 0 Å². The maximum atomic E-state index is 13.0. The van der Waals surface area contributed by atoms with E-state index in [1.54, 1.807) is 0 Å². The lowest BCUT2D eigenvalue weighted by molar-refractivity contribution is -0.130. The van der Waals surface area contributed by atoms with Gasteiger partial charge in [-0.2, -0.15) is 0 Å². The molecule has 1 saturated heterocycles. The van der Waals surface area contributed by atoms with Gasteiger partial charge < -0.3 is 10.2 Å². The Morgan fingerprint density at radius 2 is 1.68 bits per heavy atom. The van der Waals surface area contributed by atoms with Crippen LogP contribution in [0.1, 0.15) is 41.8 Å². The number of benzene rings is 2. The van der Waals surface area contributed by atoms with E-state index in [0.717, 1.165) is 48.4 Å². The summed E-state index contributed by atoms with van der Waals surface area (Å²) in [5.41, 5.74) is 2.65. The number of aromatic nitrogens is 1. The fourth-order valence-electron chi connectivity index (χ4n) is 3.80. The maximum absolute atomic E-state index is 13.0. The van der Waals surface area contributed by atoms with Gasteiger partial charge >= 0.3 is 0 Å². The molecule has 6 heteroatoms. The highest BCUT2D eigenvalue weighted by molar-refractivity contribution is 7.17. The van der Waals surface area contributed by atoms with Crippen molar-refractivity contribution in [1.82, 2.24) is 15.2 Å². The van der Waals surface area contributed by atoms with Crippen molar-refractivity contribution in [2.24, 2.45) is 0 Å². The highest BCUT2D eigenvalue weighted by Gasteiger charge is 2.20. The summed E-state index contributed by atoms with van der Waals surface area (Å²) in [5.74, 6) is 0.130. The quantitative estimate of drug-likeness (QED) is 0.534. The van der Waals surface area contributed by atoms with Gasteiger partial charge in [0, 0.05) is 37.2 Å². The predicted octanol–water partition coefficient (Wildman–Crippen LogP) is 5.00. The van der Waals surface area contributed by atoms with Crippen molar-refractivity contribution >= 4 is 23.2 Å². The average Bonchev–Trinajstić information content (AvgIpc) is 3.16. The Bertz CT molecular complexity index is 1020. The second-order valence-electron chi connectivity index (χ2n) is 7.73. The van der Waals surface area contributed by atoms with Crippen LogP contribution in [0.2, 0.25) is 0 Å². The molecule has 160 valence electrons. The Morgan fingerprint density at radius 1 is 0.968 bits per heavy atom. The van der Waals surface area contributed by atoms with Crippen LogP contribution in [0, 0.1) is 0 Å². The second kappa shape index (κ2) is 10.4. The van der Waals surface area contributed by atoms with E-state index in [1.807, 2.05) is 65.6 Å². The Kier molecular flexibility index (Phi) is 7.10. The Labute approximate surface area is 187 Å². The molecule has 1 aliphatic heterocycles. The first-order valence-corrected chi connectivity index (χ1v) is 11.7. The highest BCUT2D eigenvalue weighted by atomic mass is 32.1. The van der Waals surface area contributed by atoms with Gasteiger partial charge in [-0.1, -0.05) is 67.1 Å². The van der Waals surface area contributed by atoms with Crippen LogP contribution in [0.5, 0.6) is 0 Å². The molecule has 4 rings (SSSR count). The summed E-state index contributed by atoms with van der Waals surface area (Å²) in [7, 11) is 0. The van der Waals surface area contributed by atoms with Crippen LogP contribution >= 0.6 is 11.3 Å². The van der Waals surface area contributed by atoms with E-state index in [2.05, 4.69) is 5.32 Å². The Hall–Kier alpha value is -2.99. The van der Waals surface area contributed by atoms with Crippen molar-refractivity contribution in [3.05, 3.63) is 65.5 Å². The number of nitrogens with zero attached hydrogens (tertiary/aromatic N) is 2. The smallest absolute Gasteiger partial charge is 0.263 e. The van der Waals surface area contributed by atoms with Crippen molar-refractivity contribution in [1.29, 1.82) is 0 Å². The van der Waals surface area contributed by atoms with Crippen LogP contribution in [-0.4, -0.2) is 41.3 Å². The SMILES string of the molecule is O=C(NCCCN1CCCCCC1=O)c1sc(-c2ccccc2)nc1-c1ccccc1. The van der Waals surface area contributed by atoms with Gasteiger partial charge in [0.25, 0.3) is 5.91 Å². The zero-order valence-electron chi connectivity index (χ0n) is 17.5. The highest BCUT2D eigenvalue weighted by Crippen LogP contribution is 2.33. The number of nitrogens with one attached hydrogen (secondary N) is 1. The summed E-state index contributed by atoms with van der Waals surface area (Å²) >= 11 is 1.42. The standard InChI is InChI=1S/C25H27N3O2S/c29-21-15-8-3-9-17-28(21)18-10-16-26-24(30)23-22(19-11-4-1-5-12-19)27-25(31-23)20-13-6-2-7-14-20/h1-2,4-7,11-14H,3,8-10,15-18H2,(H,26,30). The topological polar surface area (TPSA) is 62.3 Å². The Morgan fingerprint density at radius 3 is 2.42 bits per heavy atom. The van der Waals surface area contributed by atoms with Gasteiger partial charge in [0.1, 0.15) is 9.88 Å². The zero-order valence-corrected chi connectivity index (χ0v) is 18.4. The summed E-state index contributed by atoms with van der Waals surface area (Å²) < 4.78 is 0. The molecule has 2 heterocycles. The van der Waals surface area contributed by atoms with E-state index >= 15 is 0 Å². The molecule has 0 atom stereocenters. The van der Waals surface area contributed by atoms with Crippen molar-refractivity contribution in [3.8, 4) is 21.8 Å². The fourth-order valence-corrected chi connectivity index (χ4v) is 4.81. The fraction of sp³-hybridized carbons (Fsp3) is 0.320. The molecule has 1 aromatic heterocycles. The third-order valence-electron chi connectivity index (χ3n) is 5.46. The second-order valence-corrected chi connectivity index (χ2v) is 8.73. The number of carbonyl (C=O) groups is 2. The van der Waals surface area contributed by atoms with Crippen LogP contribution < -0.4 is 5.32 Å². The summed E-state index contributed by atoms with van der Waals surface area (Å²) in [6, 6.07) is 19.8. The molecular formula is C25H27N3O2S. The first kappa shape index (κ1) is 21.2. The first-order chi connectivity index (χ1) is 15.2. The van der Waals surface area contributed by atoms with Crippen molar-refractivity contribution in [2.45, 2.75) is 32.1 Å². The van der Waals surface area contributed by atoms with Crippen molar-refractivity contribution < 1.29 is 9.59 Å². The molecule has 0 unspecified atom stereocenters. The molecule has 2 amide bonds. The lowest BCUT2D eigenvalue weighted by atomic mass is 10.1. The third kappa shape index (κ3) is 5.39. The Balaban J connectivity index is 1.45. The van der Waals surface area contributed by atoms with Crippen molar-refractivity contribution in [3.63, 3.8) is 0 Å². The van der Waals surface area contributed by atoms with E-state index in [4.69, 9.17) is 4.98 Å². The molecule has 0 aliphatic carbocycles. The number of amides is 2. The molecule has 1 fully saturated rings. The van der Waals surface area contributed by atoms with Crippen LogP contribution in [-0.2, 0) is 4.79 Å². The summed E-state index contributed by atoms with van der Waals surface area (Å²) in [6.45, 7) is 2.07. The summed E-state index contributed by atoms with van der Waals surface area (Å²) in [4.78, 5) is 32.5. The van der Waals surface area contributed by atoms with Gasteiger partial charge in [-0.15, -0.1) is 11.3 Å². The molecule has 0 saturated carbocycles. The van der Waals surface area contributed by atoms with E-state index in [0.29, 0.717) is 30.1 Å². The molecule has 2 aromatic carbocycles. The minimum atomic E-state index is -0.110. The number of hydrogen-bond donors (Lipinski definition) is 1. The van der Waals surface area contributed by atoms with Gasteiger partial charge in [0.05, 0.1) is 5.69 Å². The molecule has 0 radical (unpaired) electrons. The van der Waals surface area contributed by atoms with Crippen LogP contribution in [0.3, 0.4) is 0 Å². The molecule has 3 aromatic rings. The molecule has 0 spiro atoms. The number of likely N-dealkylation sites (tertiary alicyclic amines) is 1. The number of rotatable bonds is 7. The van der Waals surface area contributed by atoms with Gasteiger partial charge in [0.2, 0.25) is 5.91 Å². The minimum Gasteiger partial charge on any atom is -0.351 e. The molecule has 1 aliphatic rings. The third-order valence-corrected chi connectivity index (χ3v) is 6.57. The normalized spacial score (nSPS) is 14.3. The minimum absolute atomic E-state index is 0.110. The summed E-state index contributed by atoms with van der Waals surface area (Å²) in [5, 5.41) is 3.87. The van der Waals surface area contributed by atoms with Crippen LogP contribution in [0.25, 0.3) is 21.8 Å². The lowest BCUT2D eigenvalue weighted by Crippen LogP contribution is -2.33. The van der Waals surface area contributed by atoms with Gasteiger partial charge in [-0.3, -0.25) is 9.59 Å². The summed E-state index contributed by atoms with van der Waals surface area (Å²) in [6.07, 6.45) is 4.58. The molecule has 5 nitrogen and oxygen atoms in total. The van der Waals surface area contributed by atoms with Gasteiger partial charge in [-0.05, 0) is 19.3 Å². The number of hydrogen-bond acceptors (Lipinski definition) is 4. The molecule has 0 bridgehead atoms. The maximum Gasteiger partial charge on any atom is 0.263 e. The van der Waals surface area contributed by atoms with Crippen LogP contribution in [0.15, 0.2) is 60.7 Å². The molecular weight excluding hydrogens is 406 g/mol. The predicted molar refractivity (Wildman–Crippen MR) is 125 cm³/mol. The monoisotopic (exact) mass is 433 g/mol. The molecule has 1 N–H and O–H groups in total. The van der Waals surface area contributed by atoms with Crippen molar-refractivity contribution in [2.75, 3.05) is 19.6 Å². The van der Waals surface area contributed by atoms with E-state index in [-0.39, 0.29) is 11.8 Å². The number of thiazole rings is 1. The lowest BCUT2D eigenvalue weighted by Gasteiger charge is -2.20. The molecule has 31 heavy (non-hydrogen) atoms. The van der Waals surface area contributed by atoms with E-state index < -0.39 is 0 Å². The zero-order chi connectivity index (χ0) is 21.5. The first-order valence-electron chi connectivity index (χ1n) is 10.9. The van der Waals surface area contributed by atoms with E-state index in [9.17, 15) is 9.59 Å². The number of carbonyl (C=O) groups excluding carboxylic acids is 2. The largest absolute Gasteiger partial charge is 0.351 e. The van der Waals surface area contributed by atoms with Gasteiger partial charge in [-0.25, -0.2) is 4.98 Å². The average molecular weight is 434 g/mol.